The lowest BCUT2D eigenvalue weighted by Gasteiger charge is -2.26. The summed E-state index contributed by atoms with van der Waals surface area (Å²) in [6, 6.07) is 2.89. The van der Waals surface area contributed by atoms with Gasteiger partial charge in [0, 0.05) is 5.69 Å². The summed E-state index contributed by atoms with van der Waals surface area (Å²) in [5.74, 6) is -0.775. The number of benzene rings is 1. The van der Waals surface area contributed by atoms with Gasteiger partial charge in [-0.05, 0) is 18.2 Å². The molecule has 0 unspecified atom stereocenters. The quantitative estimate of drug-likeness (QED) is 0.661. The third-order valence-corrected chi connectivity index (χ3v) is 2.43. The van der Waals surface area contributed by atoms with E-state index in [0.717, 1.165) is 18.2 Å². The molecule has 0 heterocycles. The summed E-state index contributed by atoms with van der Waals surface area (Å²) in [6.45, 7) is 0. The maximum atomic E-state index is 13.2. The van der Waals surface area contributed by atoms with E-state index in [1.165, 1.54) is 0 Å². The molecule has 0 amide bonds. The smallest absolute Gasteiger partial charge is 0.429 e. The summed E-state index contributed by atoms with van der Waals surface area (Å²) in [6.07, 6.45) is -18.4. The summed E-state index contributed by atoms with van der Waals surface area (Å²) >= 11 is 5.46. The largest absolute Gasteiger partial charge is 0.433 e. The molecule has 2 atom stereocenters. The molecule has 0 spiro atoms. The number of ether oxygens (including phenoxy) is 1. The fraction of sp³-hybridized carbons (Fsp3) is 0.400. The van der Waals surface area contributed by atoms with E-state index in [1.807, 2.05) is 0 Å². The van der Waals surface area contributed by atoms with Crippen molar-refractivity contribution in [1.82, 2.24) is 0 Å². The van der Waals surface area contributed by atoms with E-state index < -0.39 is 35.3 Å². The van der Waals surface area contributed by atoms with Crippen LogP contribution in [0.3, 0.4) is 0 Å². The van der Waals surface area contributed by atoms with Gasteiger partial charge in [-0.15, -0.1) is 0 Å². The normalized spacial score (nSPS) is 15.8. The molecular formula is C10H8ClF6NO2. The highest BCUT2D eigenvalue weighted by Gasteiger charge is 2.57. The average Bonchev–Trinajstić information content (AvgIpc) is 2.29. The van der Waals surface area contributed by atoms with E-state index in [1.54, 1.807) is 0 Å². The number of nitrogens with two attached hydrogens (primary N) is 1. The van der Waals surface area contributed by atoms with Gasteiger partial charge in [0.15, 0.2) is 6.10 Å². The second-order valence-corrected chi connectivity index (χ2v) is 4.15. The number of aliphatic hydroxyl groups is 1. The molecule has 3 nitrogen and oxygen atoms in total. The standard InChI is InChI=1S/C10H8ClF6NO2/c11-5-3-4(18)1-2-6(5)20-10(16,17)7(12)8(19)9(13,14)15/h1-3,7-8,19H,18H2/t7-,8-/m0/s1. The molecule has 0 aromatic heterocycles. The Balaban J connectivity index is 2.94. The van der Waals surface area contributed by atoms with Crippen LogP contribution in [-0.4, -0.2) is 29.7 Å². The number of hydrogen-bond acceptors (Lipinski definition) is 3. The van der Waals surface area contributed by atoms with Gasteiger partial charge in [-0.3, -0.25) is 0 Å². The number of anilines is 1. The fourth-order valence-electron chi connectivity index (χ4n) is 1.15. The van der Waals surface area contributed by atoms with Crippen molar-refractivity contribution < 1.29 is 36.2 Å². The Hall–Kier alpha value is -1.35. The van der Waals surface area contributed by atoms with Crippen molar-refractivity contribution in [3.8, 4) is 5.75 Å². The van der Waals surface area contributed by atoms with Crippen LogP contribution < -0.4 is 10.5 Å². The van der Waals surface area contributed by atoms with Crippen molar-refractivity contribution in [2.24, 2.45) is 0 Å². The van der Waals surface area contributed by atoms with Gasteiger partial charge in [-0.2, -0.15) is 22.0 Å². The van der Waals surface area contributed by atoms with Gasteiger partial charge in [0.05, 0.1) is 5.02 Å². The molecule has 10 heteroatoms. The van der Waals surface area contributed by atoms with Gasteiger partial charge in [0.25, 0.3) is 0 Å². The topological polar surface area (TPSA) is 55.5 Å². The van der Waals surface area contributed by atoms with Crippen LogP contribution in [0.5, 0.6) is 5.75 Å². The molecule has 0 fully saturated rings. The van der Waals surface area contributed by atoms with Crippen molar-refractivity contribution in [1.29, 1.82) is 0 Å². The molecule has 0 aliphatic heterocycles. The Morgan fingerprint density at radius 2 is 1.75 bits per heavy atom. The van der Waals surface area contributed by atoms with Crippen LogP contribution in [0, 0.1) is 0 Å². The number of hydrogen-bond donors (Lipinski definition) is 2. The van der Waals surface area contributed by atoms with E-state index in [-0.39, 0.29) is 5.69 Å². The Bertz CT molecular complexity index is 481. The highest BCUT2D eigenvalue weighted by molar-refractivity contribution is 6.32. The lowest BCUT2D eigenvalue weighted by molar-refractivity contribution is -0.291. The molecule has 20 heavy (non-hydrogen) atoms. The van der Waals surface area contributed by atoms with E-state index in [2.05, 4.69) is 4.74 Å². The van der Waals surface area contributed by atoms with Gasteiger partial charge < -0.3 is 15.6 Å². The Morgan fingerprint density at radius 3 is 2.20 bits per heavy atom. The maximum absolute atomic E-state index is 13.2. The van der Waals surface area contributed by atoms with Crippen LogP contribution >= 0.6 is 11.6 Å². The first kappa shape index (κ1) is 16.7. The fourth-order valence-corrected chi connectivity index (χ4v) is 1.38. The van der Waals surface area contributed by atoms with Gasteiger partial charge in [0.1, 0.15) is 5.75 Å². The number of rotatable bonds is 4. The molecule has 0 radical (unpaired) electrons. The lowest BCUT2D eigenvalue weighted by atomic mass is 10.2. The summed E-state index contributed by atoms with van der Waals surface area (Å²) in [7, 11) is 0. The van der Waals surface area contributed by atoms with Crippen molar-refractivity contribution in [3.63, 3.8) is 0 Å². The van der Waals surface area contributed by atoms with E-state index >= 15 is 0 Å². The first-order chi connectivity index (χ1) is 8.95. The molecule has 1 rings (SSSR count). The number of alkyl halides is 6. The SMILES string of the molecule is Nc1ccc(OC(F)(F)[C@@H](F)[C@H](O)C(F)(F)F)c(Cl)c1. The number of nitrogen functional groups attached to an aromatic ring is 1. The van der Waals surface area contributed by atoms with Gasteiger partial charge in [-0.25, -0.2) is 4.39 Å². The van der Waals surface area contributed by atoms with E-state index in [0.29, 0.717) is 0 Å². The van der Waals surface area contributed by atoms with Crippen molar-refractivity contribution >= 4 is 17.3 Å². The molecule has 1 aromatic carbocycles. The molecule has 114 valence electrons. The zero-order chi connectivity index (χ0) is 15.7. The first-order valence-electron chi connectivity index (χ1n) is 4.96. The minimum absolute atomic E-state index is 0.0813. The summed E-state index contributed by atoms with van der Waals surface area (Å²) in [5.41, 5.74) is 5.35. The van der Waals surface area contributed by atoms with Gasteiger partial charge in [-0.1, -0.05) is 11.6 Å². The van der Waals surface area contributed by atoms with Crippen molar-refractivity contribution in [2.45, 2.75) is 24.6 Å². The molecular weight excluding hydrogens is 316 g/mol. The second kappa shape index (κ2) is 5.57. The zero-order valence-electron chi connectivity index (χ0n) is 9.47. The Labute approximate surface area is 113 Å². The van der Waals surface area contributed by atoms with Crippen LogP contribution in [0.15, 0.2) is 18.2 Å². The summed E-state index contributed by atoms with van der Waals surface area (Å²) in [5, 5.41) is 8.02. The summed E-state index contributed by atoms with van der Waals surface area (Å²) < 4.78 is 79.2. The van der Waals surface area contributed by atoms with Gasteiger partial charge >= 0.3 is 12.3 Å². The third-order valence-electron chi connectivity index (χ3n) is 2.14. The molecule has 0 aliphatic rings. The molecule has 0 saturated carbocycles. The predicted molar refractivity (Wildman–Crippen MR) is 58.4 cm³/mol. The first-order valence-corrected chi connectivity index (χ1v) is 5.33. The second-order valence-electron chi connectivity index (χ2n) is 3.74. The average molecular weight is 324 g/mol. The molecule has 0 aliphatic carbocycles. The van der Waals surface area contributed by atoms with Gasteiger partial charge in [0.2, 0.25) is 6.17 Å². The number of aliphatic hydroxyl groups excluding tert-OH is 1. The van der Waals surface area contributed by atoms with E-state index in [9.17, 15) is 26.3 Å². The Morgan fingerprint density at radius 1 is 1.20 bits per heavy atom. The van der Waals surface area contributed by atoms with E-state index in [4.69, 9.17) is 22.4 Å². The summed E-state index contributed by atoms with van der Waals surface area (Å²) in [4.78, 5) is 0. The lowest BCUT2D eigenvalue weighted by Crippen LogP contribution is -2.50. The molecule has 0 saturated heterocycles. The maximum Gasteiger partial charge on any atom is 0.433 e. The highest BCUT2D eigenvalue weighted by Crippen LogP contribution is 2.36. The monoisotopic (exact) mass is 323 g/mol. The van der Waals surface area contributed by atoms with Crippen LogP contribution in [0.4, 0.5) is 32.0 Å². The third kappa shape index (κ3) is 3.83. The minimum atomic E-state index is -5.56. The predicted octanol–water partition coefficient (Wildman–Crippen LogP) is 3.16. The van der Waals surface area contributed by atoms with Crippen LogP contribution in [-0.2, 0) is 0 Å². The minimum Gasteiger partial charge on any atom is -0.429 e. The molecule has 0 bridgehead atoms. The molecule has 3 N–H and O–H groups in total. The van der Waals surface area contributed by atoms with Crippen LogP contribution in [0.2, 0.25) is 5.02 Å². The van der Waals surface area contributed by atoms with Crippen LogP contribution in [0.1, 0.15) is 0 Å². The van der Waals surface area contributed by atoms with Crippen molar-refractivity contribution in [3.05, 3.63) is 23.2 Å². The van der Waals surface area contributed by atoms with Crippen LogP contribution in [0.25, 0.3) is 0 Å². The van der Waals surface area contributed by atoms with Crippen molar-refractivity contribution in [2.75, 3.05) is 5.73 Å². The molecule has 1 aromatic rings. The Kier molecular flexibility index (Phi) is 4.65. The highest BCUT2D eigenvalue weighted by atomic mass is 35.5. The number of halogens is 7. The zero-order valence-corrected chi connectivity index (χ0v) is 10.2.